The van der Waals surface area contributed by atoms with Crippen LogP contribution in [0.2, 0.25) is 0 Å². The van der Waals surface area contributed by atoms with Crippen LogP contribution in [0.5, 0.6) is 0 Å². The molecule has 0 aromatic carbocycles. The lowest BCUT2D eigenvalue weighted by Gasteiger charge is -1.93. The third kappa shape index (κ3) is 2.45. The van der Waals surface area contributed by atoms with Gasteiger partial charge in [-0.2, -0.15) is 0 Å². The minimum absolute atomic E-state index is 0.170. The highest BCUT2D eigenvalue weighted by Crippen LogP contribution is 2.36. The maximum absolute atomic E-state index is 10.3. The Balaban J connectivity index is 3.94. The second-order valence-electron chi connectivity index (χ2n) is 1.15. The zero-order chi connectivity index (χ0) is 5.91. The van der Waals surface area contributed by atoms with Gasteiger partial charge in [-0.05, 0) is 5.66 Å². The SMILES string of the molecule is C#CP(=O)(O)CC. The minimum Gasteiger partial charge on any atom is -0.336 e. The van der Waals surface area contributed by atoms with Crippen LogP contribution in [0.25, 0.3) is 0 Å². The summed E-state index contributed by atoms with van der Waals surface area (Å²) >= 11 is 0. The van der Waals surface area contributed by atoms with Crippen LogP contribution in [-0.4, -0.2) is 11.1 Å². The average molecular weight is 118 g/mol. The highest BCUT2D eigenvalue weighted by molar-refractivity contribution is 7.63. The van der Waals surface area contributed by atoms with Crippen LogP contribution in [-0.2, 0) is 4.57 Å². The van der Waals surface area contributed by atoms with Gasteiger partial charge in [-0.1, -0.05) is 6.92 Å². The number of terminal acetylenes is 1. The molecular weight excluding hydrogens is 111 g/mol. The molecule has 0 aliphatic carbocycles. The van der Waals surface area contributed by atoms with E-state index in [1.54, 1.807) is 12.6 Å². The quantitative estimate of drug-likeness (QED) is 0.409. The maximum Gasteiger partial charge on any atom is 0.270 e. The fraction of sp³-hybridized carbons (Fsp3) is 0.500. The molecule has 0 bridgehead atoms. The lowest BCUT2D eigenvalue weighted by atomic mass is 11.0. The van der Waals surface area contributed by atoms with Crippen molar-refractivity contribution in [1.29, 1.82) is 0 Å². The monoisotopic (exact) mass is 118 g/mol. The molecule has 0 radical (unpaired) electrons. The summed E-state index contributed by atoms with van der Waals surface area (Å²) in [6, 6.07) is 0. The molecule has 0 saturated carbocycles. The first kappa shape index (κ1) is 6.75. The molecule has 0 amide bonds. The van der Waals surface area contributed by atoms with Crippen LogP contribution in [0.3, 0.4) is 0 Å². The average Bonchev–Trinajstić information content (AvgIpc) is 1.68. The minimum atomic E-state index is -3.13. The molecule has 40 valence electrons. The van der Waals surface area contributed by atoms with E-state index in [4.69, 9.17) is 4.89 Å². The van der Waals surface area contributed by atoms with Gasteiger partial charge in [0.25, 0.3) is 7.37 Å². The predicted octanol–water partition coefficient (Wildman–Crippen LogP) is 0.867. The van der Waals surface area contributed by atoms with Crippen LogP contribution < -0.4 is 0 Å². The molecule has 0 aliphatic heterocycles. The molecule has 0 aliphatic rings. The normalized spacial score (nSPS) is 17.3. The largest absolute Gasteiger partial charge is 0.336 e. The van der Waals surface area contributed by atoms with E-state index in [1.165, 1.54) is 0 Å². The fourth-order valence-corrected chi connectivity index (χ4v) is 0.274. The summed E-state index contributed by atoms with van der Waals surface area (Å²) in [5, 5.41) is 0. The standard InChI is InChI=1S/C4H7O2P/c1-3-7(5,6)4-2/h1H,4H2,2H3,(H,5,6). The summed E-state index contributed by atoms with van der Waals surface area (Å²) in [5.74, 6) is 0. The molecule has 0 spiro atoms. The van der Waals surface area contributed by atoms with Crippen LogP contribution in [0, 0.1) is 12.1 Å². The Bertz CT molecular complexity index is 133. The van der Waals surface area contributed by atoms with Crippen molar-refractivity contribution in [2.75, 3.05) is 6.16 Å². The van der Waals surface area contributed by atoms with Crippen molar-refractivity contribution in [3.63, 3.8) is 0 Å². The van der Waals surface area contributed by atoms with Gasteiger partial charge in [-0.25, -0.2) is 0 Å². The molecule has 2 nitrogen and oxygen atoms in total. The highest BCUT2D eigenvalue weighted by Gasteiger charge is 2.06. The Morgan fingerprint density at radius 3 is 2.43 bits per heavy atom. The van der Waals surface area contributed by atoms with Crippen molar-refractivity contribution in [1.82, 2.24) is 0 Å². The Kier molecular flexibility index (Phi) is 2.08. The number of rotatable bonds is 1. The van der Waals surface area contributed by atoms with E-state index in [-0.39, 0.29) is 6.16 Å². The molecule has 1 unspecified atom stereocenters. The van der Waals surface area contributed by atoms with Crippen molar-refractivity contribution in [3.05, 3.63) is 0 Å². The predicted molar refractivity (Wildman–Crippen MR) is 29.2 cm³/mol. The van der Waals surface area contributed by atoms with E-state index >= 15 is 0 Å². The molecule has 0 saturated heterocycles. The molecular formula is C4H7O2P. The van der Waals surface area contributed by atoms with Crippen LogP contribution >= 0.6 is 7.37 Å². The summed E-state index contributed by atoms with van der Waals surface area (Å²) in [4.78, 5) is 8.45. The van der Waals surface area contributed by atoms with Gasteiger partial charge >= 0.3 is 0 Å². The summed E-state index contributed by atoms with van der Waals surface area (Å²) in [6.45, 7) is 1.58. The van der Waals surface area contributed by atoms with Gasteiger partial charge < -0.3 is 4.89 Å². The lowest BCUT2D eigenvalue weighted by Crippen LogP contribution is -1.75. The maximum atomic E-state index is 10.3. The van der Waals surface area contributed by atoms with E-state index in [9.17, 15) is 4.57 Å². The Hall–Kier alpha value is -0.250. The van der Waals surface area contributed by atoms with E-state index in [2.05, 4.69) is 6.42 Å². The van der Waals surface area contributed by atoms with E-state index < -0.39 is 7.37 Å². The Morgan fingerprint density at radius 2 is 2.43 bits per heavy atom. The molecule has 7 heavy (non-hydrogen) atoms. The summed E-state index contributed by atoms with van der Waals surface area (Å²) in [5.41, 5.74) is 1.80. The van der Waals surface area contributed by atoms with Gasteiger partial charge in [0.2, 0.25) is 0 Å². The van der Waals surface area contributed by atoms with Gasteiger partial charge in [0.1, 0.15) is 0 Å². The lowest BCUT2D eigenvalue weighted by molar-refractivity contribution is 0.492. The second kappa shape index (κ2) is 2.16. The summed E-state index contributed by atoms with van der Waals surface area (Å²) < 4.78 is 10.3. The van der Waals surface area contributed by atoms with Gasteiger partial charge in [0, 0.05) is 6.16 Å². The molecule has 0 fully saturated rings. The van der Waals surface area contributed by atoms with E-state index in [0.29, 0.717) is 0 Å². The topological polar surface area (TPSA) is 37.3 Å². The molecule has 3 heteroatoms. The van der Waals surface area contributed by atoms with E-state index in [1.807, 2.05) is 0 Å². The van der Waals surface area contributed by atoms with Gasteiger partial charge in [0.15, 0.2) is 0 Å². The summed E-state index contributed by atoms with van der Waals surface area (Å²) in [7, 11) is -3.13. The van der Waals surface area contributed by atoms with Crippen molar-refractivity contribution >= 4 is 7.37 Å². The Labute approximate surface area is 43.0 Å². The molecule has 0 rings (SSSR count). The van der Waals surface area contributed by atoms with Crippen molar-refractivity contribution in [2.24, 2.45) is 0 Å². The molecule has 1 atom stereocenters. The van der Waals surface area contributed by atoms with E-state index in [0.717, 1.165) is 0 Å². The van der Waals surface area contributed by atoms with Gasteiger partial charge in [0.05, 0.1) is 0 Å². The smallest absolute Gasteiger partial charge is 0.270 e. The molecule has 0 aromatic heterocycles. The Morgan fingerprint density at radius 1 is 2.00 bits per heavy atom. The first-order chi connectivity index (χ1) is 3.12. The second-order valence-corrected chi connectivity index (χ2v) is 3.44. The molecule has 0 aromatic rings. The van der Waals surface area contributed by atoms with Gasteiger partial charge in [-0.3, -0.25) is 4.57 Å². The highest BCUT2D eigenvalue weighted by atomic mass is 31.2. The zero-order valence-corrected chi connectivity index (χ0v) is 4.98. The van der Waals surface area contributed by atoms with Crippen LogP contribution in [0.15, 0.2) is 0 Å². The number of hydrogen-bond donors (Lipinski definition) is 1. The third-order valence-corrected chi connectivity index (χ3v) is 1.89. The van der Waals surface area contributed by atoms with Crippen LogP contribution in [0.4, 0.5) is 0 Å². The molecule has 0 heterocycles. The number of hydrogen-bond acceptors (Lipinski definition) is 1. The molecule has 1 N–H and O–H groups in total. The first-order valence-corrected chi connectivity index (χ1v) is 3.76. The first-order valence-electron chi connectivity index (χ1n) is 1.92. The van der Waals surface area contributed by atoms with Crippen molar-refractivity contribution in [2.45, 2.75) is 6.92 Å². The third-order valence-electron chi connectivity index (χ3n) is 0.630. The van der Waals surface area contributed by atoms with Gasteiger partial charge in [-0.15, -0.1) is 6.42 Å². The van der Waals surface area contributed by atoms with Crippen LogP contribution in [0.1, 0.15) is 6.92 Å². The zero-order valence-electron chi connectivity index (χ0n) is 4.09. The van der Waals surface area contributed by atoms with Crippen molar-refractivity contribution < 1.29 is 9.46 Å². The summed E-state index contributed by atoms with van der Waals surface area (Å²) in [6.07, 6.45) is 4.82. The fourth-order valence-electron chi connectivity index (χ4n) is 0.0913. The van der Waals surface area contributed by atoms with Crippen molar-refractivity contribution in [3.8, 4) is 12.1 Å².